The number of hydrogen-bond acceptors (Lipinski definition) is 3. The van der Waals surface area contributed by atoms with E-state index >= 15 is 0 Å². The summed E-state index contributed by atoms with van der Waals surface area (Å²) in [6.07, 6.45) is 0. The van der Waals surface area contributed by atoms with Gasteiger partial charge in [-0.2, -0.15) is 0 Å². The molecule has 158 valence electrons. The van der Waals surface area contributed by atoms with Crippen molar-refractivity contribution in [3.05, 3.63) is 99.0 Å². The molecule has 1 saturated heterocycles. The molecule has 0 aromatic heterocycles. The second-order valence-electron chi connectivity index (χ2n) is 7.35. The molecule has 1 atom stereocenters. The number of halogens is 2. The van der Waals surface area contributed by atoms with E-state index in [1.54, 1.807) is 36.0 Å². The highest BCUT2D eigenvalue weighted by molar-refractivity contribution is 8.00. The molecule has 2 amide bonds. The van der Waals surface area contributed by atoms with Crippen LogP contribution < -0.4 is 5.32 Å². The summed E-state index contributed by atoms with van der Waals surface area (Å²) in [6, 6.07) is 20.3. The molecule has 3 aromatic rings. The van der Waals surface area contributed by atoms with Gasteiger partial charge in [0.05, 0.1) is 5.75 Å². The highest BCUT2D eigenvalue weighted by atomic mass is 35.5. The Kier molecular flexibility index (Phi) is 6.56. The highest BCUT2D eigenvalue weighted by Gasteiger charge is 2.32. The maximum absolute atomic E-state index is 12.6. The van der Waals surface area contributed by atoms with Crippen LogP contribution in [0.2, 0.25) is 10.0 Å². The van der Waals surface area contributed by atoms with Crippen molar-refractivity contribution in [3.63, 3.8) is 0 Å². The fourth-order valence-electron chi connectivity index (χ4n) is 3.45. The van der Waals surface area contributed by atoms with Gasteiger partial charge in [0.2, 0.25) is 5.91 Å². The SMILES string of the molecule is Cc1cc(Cl)ccc1NC(=O)c1ccc([C@H]2SCC(=O)N2Cc2ccc(Cl)cc2)cc1. The van der Waals surface area contributed by atoms with Crippen molar-refractivity contribution in [1.82, 2.24) is 4.90 Å². The summed E-state index contributed by atoms with van der Waals surface area (Å²) < 4.78 is 0. The van der Waals surface area contributed by atoms with Crippen molar-refractivity contribution < 1.29 is 9.59 Å². The average Bonchev–Trinajstić information content (AvgIpc) is 3.12. The summed E-state index contributed by atoms with van der Waals surface area (Å²) in [6.45, 7) is 2.42. The number of hydrogen-bond donors (Lipinski definition) is 1. The molecule has 0 radical (unpaired) electrons. The Morgan fingerprint density at radius 3 is 2.39 bits per heavy atom. The molecule has 1 fully saturated rings. The van der Waals surface area contributed by atoms with E-state index in [9.17, 15) is 9.59 Å². The van der Waals surface area contributed by atoms with Crippen LogP contribution in [0.1, 0.15) is 32.4 Å². The van der Waals surface area contributed by atoms with Gasteiger partial charge in [-0.25, -0.2) is 0 Å². The third kappa shape index (κ3) is 5.06. The van der Waals surface area contributed by atoms with Gasteiger partial charge in [-0.05, 0) is 66.1 Å². The number of aryl methyl sites for hydroxylation is 1. The summed E-state index contributed by atoms with van der Waals surface area (Å²) in [5.74, 6) is 0.353. The topological polar surface area (TPSA) is 49.4 Å². The third-order valence-electron chi connectivity index (χ3n) is 5.13. The normalized spacial score (nSPS) is 15.9. The van der Waals surface area contributed by atoms with E-state index in [1.165, 1.54) is 0 Å². The number of nitrogens with one attached hydrogen (secondary N) is 1. The minimum atomic E-state index is -0.190. The molecule has 0 unspecified atom stereocenters. The molecular formula is C24H20Cl2N2O2S. The van der Waals surface area contributed by atoms with Crippen LogP contribution in [0.5, 0.6) is 0 Å². The molecule has 7 heteroatoms. The Labute approximate surface area is 195 Å². The fraction of sp³-hybridized carbons (Fsp3) is 0.167. The first kappa shape index (κ1) is 21.8. The number of anilines is 1. The van der Waals surface area contributed by atoms with Crippen LogP contribution >= 0.6 is 35.0 Å². The van der Waals surface area contributed by atoms with Crippen LogP contribution in [-0.4, -0.2) is 22.5 Å². The van der Waals surface area contributed by atoms with E-state index in [0.29, 0.717) is 27.9 Å². The van der Waals surface area contributed by atoms with Gasteiger partial charge in [-0.1, -0.05) is 47.5 Å². The van der Waals surface area contributed by atoms with Crippen LogP contribution in [0.3, 0.4) is 0 Å². The van der Waals surface area contributed by atoms with Crippen molar-refractivity contribution in [1.29, 1.82) is 0 Å². The molecule has 0 bridgehead atoms. The summed E-state index contributed by atoms with van der Waals surface area (Å²) in [5, 5.41) is 4.14. The monoisotopic (exact) mass is 470 g/mol. The molecule has 3 aromatic carbocycles. The quantitative estimate of drug-likeness (QED) is 0.473. The van der Waals surface area contributed by atoms with E-state index in [-0.39, 0.29) is 17.2 Å². The van der Waals surface area contributed by atoms with Crippen molar-refractivity contribution in [2.45, 2.75) is 18.8 Å². The largest absolute Gasteiger partial charge is 0.322 e. The molecule has 4 nitrogen and oxygen atoms in total. The Bertz CT molecular complexity index is 1120. The van der Waals surface area contributed by atoms with Crippen LogP contribution in [0.15, 0.2) is 66.7 Å². The molecule has 0 aliphatic carbocycles. The number of amides is 2. The lowest BCUT2D eigenvalue weighted by molar-refractivity contribution is -0.128. The van der Waals surface area contributed by atoms with Crippen LogP contribution in [0.25, 0.3) is 0 Å². The molecule has 1 N–H and O–H groups in total. The van der Waals surface area contributed by atoms with Gasteiger partial charge in [-0.15, -0.1) is 11.8 Å². The predicted molar refractivity (Wildman–Crippen MR) is 128 cm³/mol. The number of nitrogens with zero attached hydrogens (tertiary/aromatic N) is 1. The minimum absolute atomic E-state index is 0.0844. The lowest BCUT2D eigenvalue weighted by Gasteiger charge is -2.24. The first-order valence-electron chi connectivity index (χ1n) is 9.74. The van der Waals surface area contributed by atoms with Crippen molar-refractivity contribution in [3.8, 4) is 0 Å². The van der Waals surface area contributed by atoms with Gasteiger partial charge in [0.15, 0.2) is 0 Å². The standard InChI is InChI=1S/C24H20Cl2N2O2S/c1-15-12-20(26)10-11-21(15)27-23(30)17-4-6-18(7-5-17)24-28(22(29)14-31-24)13-16-2-8-19(25)9-3-16/h2-12,24H,13-14H2,1H3,(H,27,30)/t24-/m1/s1. The minimum Gasteiger partial charge on any atom is -0.322 e. The summed E-state index contributed by atoms with van der Waals surface area (Å²) >= 11 is 13.5. The van der Waals surface area contributed by atoms with Gasteiger partial charge in [0.25, 0.3) is 5.91 Å². The van der Waals surface area contributed by atoms with E-state index in [0.717, 1.165) is 22.4 Å². The summed E-state index contributed by atoms with van der Waals surface area (Å²) in [7, 11) is 0. The number of rotatable bonds is 5. The van der Waals surface area contributed by atoms with E-state index in [1.807, 2.05) is 54.3 Å². The number of carbonyl (C=O) groups excluding carboxylic acids is 2. The molecule has 1 aliphatic rings. The predicted octanol–water partition coefficient (Wildman–Crippen LogP) is 6.33. The number of thioether (sulfide) groups is 1. The Balaban J connectivity index is 1.48. The maximum atomic E-state index is 12.6. The van der Waals surface area contributed by atoms with Crippen molar-refractivity contribution >= 4 is 52.5 Å². The van der Waals surface area contributed by atoms with Crippen LogP contribution in [0.4, 0.5) is 5.69 Å². The zero-order valence-corrected chi connectivity index (χ0v) is 19.1. The summed E-state index contributed by atoms with van der Waals surface area (Å²) in [4.78, 5) is 27.0. The lowest BCUT2D eigenvalue weighted by atomic mass is 10.1. The van der Waals surface area contributed by atoms with E-state index in [2.05, 4.69) is 5.32 Å². The molecule has 4 rings (SSSR count). The number of benzene rings is 3. The molecule has 31 heavy (non-hydrogen) atoms. The zero-order chi connectivity index (χ0) is 22.0. The maximum Gasteiger partial charge on any atom is 0.255 e. The molecular weight excluding hydrogens is 451 g/mol. The van der Waals surface area contributed by atoms with Gasteiger partial charge in [-0.3, -0.25) is 9.59 Å². The van der Waals surface area contributed by atoms with Gasteiger partial charge in [0, 0.05) is 27.8 Å². The molecule has 1 heterocycles. The molecule has 1 aliphatic heterocycles. The lowest BCUT2D eigenvalue weighted by Crippen LogP contribution is -2.27. The second-order valence-corrected chi connectivity index (χ2v) is 9.29. The molecule has 0 saturated carbocycles. The van der Waals surface area contributed by atoms with Gasteiger partial charge < -0.3 is 10.2 Å². The average molecular weight is 471 g/mol. The second kappa shape index (κ2) is 9.35. The van der Waals surface area contributed by atoms with Gasteiger partial charge in [0.1, 0.15) is 5.37 Å². The Hall–Kier alpha value is -2.47. The Morgan fingerprint density at radius 2 is 1.71 bits per heavy atom. The Morgan fingerprint density at radius 1 is 1.03 bits per heavy atom. The highest BCUT2D eigenvalue weighted by Crippen LogP contribution is 2.39. The first-order chi connectivity index (χ1) is 14.9. The number of carbonyl (C=O) groups is 2. The van der Waals surface area contributed by atoms with Crippen LogP contribution in [0, 0.1) is 6.92 Å². The summed E-state index contributed by atoms with van der Waals surface area (Å²) in [5.41, 5.74) is 4.20. The van der Waals surface area contributed by atoms with E-state index in [4.69, 9.17) is 23.2 Å². The van der Waals surface area contributed by atoms with Crippen molar-refractivity contribution in [2.24, 2.45) is 0 Å². The van der Waals surface area contributed by atoms with Crippen molar-refractivity contribution in [2.75, 3.05) is 11.1 Å². The fourth-order valence-corrected chi connectivity index (χ4v) is 4.99. The third-order valence-corrected chi connectivity index (χ3v) is 6.87. The zero-order valence-electron chi connectivity index (χ0n) is 16.8. The van der Waals surface area contributed by atoms with Gasteiger partial charge >= 0.3 is 0 Å². The first-order valence-corrected chi connectivity index (χ1v) is 11.5. The smallest absolute Gasteiger partial charge is 0.255 e. The van der Waals surface area contributed by atoms with E-state index < -0.39 is 0 Å². The van der Waals surface area contributed by atoms with Crippen LogP contribution in [-0.2, 0) is 11.3 Å². The molecule has 0 spiro atoms.